The number of amides is 1. The Morgan fingerprint density at radius 1 is 1.16 bits per heavy atom. The van der Waals surface area contributed by atoms with Crippen molar-refractivity contribution in [1.82, 2.24) is 10.3 Å². The standard InChI is InChI=1S/C25H21FN4O2/c26-22-10-15(11-27)9-20-18-4-2-14(8-21(18)25(32)30-23(20)22)6-17(12-28)29-24(31)19-7-13-1-3-16(19)5-13/h2,4,8-10,13,16-17,19H,1,3,5-7H2,(H,29,31)(H,30,32)/t13-,16+,17?,19+/m1/s1. The van der Waals surface area contributed by atoms with Gasteiger partial charge < -0.3 is 10.3 Å². The number of H-pyrrole nitrogens is 1. The summed E-state index contributed by atoms with van der Waals surface area (Å²) in [7, 11) is 0. The van der Waals surface area contributed by atoms with Crippen molar-refractivity contribution in [3.8, 4) is 12.1 Å². The Morgan fingerprint density at radius 3 is 2.69 bits per heavy atom. The van der Waals surface area contributed by atoms with E-state index in [9.17, 15) is 19.2 Å². The summed E-state index contributed by atoms with van der Waals surface area (Å²) in [6.07, 6.45) is 4.59. The summed E-state index contributed by atoms with van der Waals surface area (Å²) in [5.41, 5.74) is 0.499. The fourth-order valence-electron chi connectivity index (χ4n) is 5.54. The lowest BCUT2D eigenvalue weighted by Crippen LogP contribution is -2.41. The highest BCUT2D eigenvalue weighted by Gasteiger charge is 2.43. The zero-order valence-electron chi connectivity index (χ0n) is 17.3. The molecular weight excluding hydrogens is 407 g/mol. The van der Waals surface area contributed by atoms with Crippen molar-refractivity contribution in [2.45, 2.75) is 38.1 Å². The molecule has 2 saturated carbocycles. The summed E-state index contributed by atoms with van der Waals surface area (Å²) in [5, 5.41) is 23.0. The largest absolute Gasteiger partial charge is 0.340 e. The molecule has 1 aromatic heterocycles. The lowest BCUT2D eigenvalue weighted by Gasteiger charge is -2.22. The van der Waals surface area contributed by atoms with Crippen molar-refractivity contribution in [3.05, 3.63) is 57.6 Å². The van der Waals surface area contributed by atoms with E-state index >= 15 is 0 Å². The van der Waals surface area contributed by atoms with Crippen LogP contribution in [0.1, 0.15) is 36.8 Å². The number of aromatic amines is 1. The number of nitrogens with zero attached hydrogens (tertiary/aromatic N) is 2. The molecule has 0 radical (unpaired) electrons. The molecule has 1 unspecified atom stereocenters. The number of fused-ring (bicyclic) bond motifs is 5. The Labute approximate surface area is 183 Å². The van der Waals surface area contributed by atoms with E-state index in [0.717, 1.165) is 30.9 Å². The zero-order chi connectivity index (χ0) is 22.4. The predicted molar refractivity (Wildman–Crippen MR) is 117 cm³/mol. The van der Waals surface area contributed by atoms with Gasteiger partial charge in [0, 0.05) is 23.1 Å². The van der Waals surface area contributed by atoms with Crippen LogP contribution >= 0.6 is 0 Å². The zero-order valence-corrected chi connectivity index (χ0v) is 17.3. The Bertz CT molecular complexity index is 1400. The molecule has 0 aliphatic heterocycles. The van der Waals surface area contributed by atoms with E-state index in [2.05, 4.69) is 16.4 Å². The molecule has 160 valence electrons. The predicted octanol–water partition coefficient (Wildman–Crippen LogP) is 3.68. The van der Waals surface area contributed by atoms with Gasteiger partial charge in [0.2, 0.25) is 5.91 Å². The number of carbonyl (C=O) groups is 1. The second kappa shape index (κ2) is 7.76. The molecule has 2 bridgehead atoms. The maximum absolute atomic E-state index is 14.3. The van der Waals surface area contributed by atoms with Gasteiger partial charge in [0.25, 0.3) is 5.56 Å². The molecule has 1 amide bonds. The third-order valence-corrected chi connectivity index (χ3v) is 7.06. The van der Waals surface area contributed by atoms with E-state index < -0.39 is 17.4 Å². The smallest absolute Gasteiger partial charge is 0.256 e. The number of pyridine rings is 1. The van der Waals surface area contributed by atoms with Crippen LogP contribution in [-0.2, 0) is 11.2 Å². The minimum atomic E-state index is -0.693. The summed E-state index contributed by atoms with van der Waals surface area (Å²) in [4.78, 5) is 27.9. The van der Waals surface area contributed by atoms with Gasteiger partial charge in [-0.2, -0.15) is 10.5 Å². The van der Waals surface area contributed by atoms with Crippen LogP contribution in [0.15, 0.2) is 35.1 Å². The normalized spacial score (nSPS) is 22.5. The molecule has 32 heavy (non-hydrogen) atoms. The molecule has 7 heteroatoms. The molecule has 5 rings (SSSR count). The lowest BCUT2D eigenvalue weighted by molar-refractivity contribution is -0.126. The number of nitrogens with one attached hydrogen (secondary N) is 2. The van der Waals surface area contributed by atoms with Gasteiger partial charge in [-0.15, -0.1) is 0 Å². The molecule has 0 spiro atoms. The van der Waals surface area contributed by atoms with Crippen LogP contribution in [0.4, 0.5) is 4.39 Å². The van der Waals surface area contributed by atoms with Gasteiger partial charge in [-0.1, -0.05) is 18.6 Å². The Hall–Kier alpha value is -3.71. The second-order valence-corrected chi connectivity index (χ2v) is 9.00. The van der Waals surface area contributed by atoms with Gasteiger partial charge in [0.15, 0.2) is 0 Å². The number of aromatic nitrogens is 1. The van der Waals surface area contributed by atoms with Gasteiger partial charge in [-0.25, -0.2) is 4.39 Å². The van der Waals surface area contributed by atoms with Crippen LogP contribution in [0.5, 0.6) is 0 Å². The molecule has 2 fully saturated rings. The molecule has 1 heterocycles. The maximum Gasteiger partial charge on any atom is 0.256 e. The number of halogens is 1. The van der Waals surface area contributed by atoms with Crippen LogP contribution < -0.4 is 10.9 Å². The van der Waals surface area contributed by atoms with Crippen LogP contribution in [-0.4, -0.2) is 16.9 Å². The average Bonchev–Trinajstić information content (AvgIpc) is 3.43. The number of nitriles is 2. The highest BCUT2D eigenvalue weighted by atomic mass is 19.1. The first-order valence-electron chi connectivity index (χ1n) is 10.8. The van der Waals surface area contributed by atoms with Gasteiger partial charge in [0.05, 0.1) is 23.2 Å². The van der Waals surface area contributed by atoms with E-state index in [-0.39, 0.29) is 29.3 Å². The Kier molecular flexibility index (Phi) is 4.90. The number of benzene rings is 2. The first kappa shape index (κ1) is 20.2. The van der Waals surface area contributed by atoms with Crippen molar-refractivity contribution in [3.63, 3.8) is 0 Å². The summed E-state index contributed by atoms with van der Waals surface area (Å²) < 4.78 is 14.3. The third kappa shape index (κ3) is 3.40. The molecule has 2 aliphatic rings. The number of hydrogen-bond donors (Lipinski definition) is 2. The van der Waals surface area contributed by atoms with Crippen molar-refractivity contribution < 1.29 is 9.18 Å². The molecule has 6 nitrogen and oxygen atoms in total. The van der Waals surface area contributed by atoms with Crippen molar-refractivity contribution >= 4 is 27.6 Å². The monoisotopic (exact) mass is 428 g/mol. The first-order chi connectivity index (χ1) is 15.5. The summed E-state index contributed by atoms with van der Waals surface area (Å²) in [6.45, 7) is 0. The molecule has 2 aromatic carbocycles. The second-order valence-electron chi connectivity index (χ2n) is 9.00. The van der Waals surface area contributed by atoms with Crippen molar-refractivity contribution in [2.24, 2.45) is 17.8 Å². The molecule has 0 saturated heterocycles. The van der Waals surface area contributed by atoms with E-state index in [1.165, 1.54) is 6.42 Å². The molecule has 2 N–H and O–H groups in total. The van der Waals surface area contributed by atoms with Crippen LogP contribution in [0, 0.1) is 46.2 Å². The first-order valence-corrected chi connectivity index (χ1v) is 10.8. The highest BCUT2D eigenvalue weighted by Crippen LogP contribution is 2.48. The van der Waals surface area contributed by atoms with Crippen LogP contribution in [0.2, 0.25) is 0 Å². The summed E-state index contributed by atoms with van der Waals surface area (Å²) in [6, 6.07) is 11.2. The van der Waals surface area contributed by atoms with Crippen molar-refractivity contribution in [1.29, 1.82) is 10.5 Å². The third-order valence-electron chi connectivity index (χ3n) is 7.06. The lowest BCUT2D eigenvalue weighted by atomic mass is 9.88. The molecular formula is C25H21FN4O2. The quantitative estimate of drug-likeness (QED) is 0.618. The Balaban J connectivity index is 1.43. The average molecular weight is 428 g/mol. The van der Waals surface area contributed by atoms with Gasteiger partial charge >= 0.3 is 0 Å². The number of rotatable bonds is 4. The number of hydrogen-bond acceptors (Lipinski definition) is 4. The molecule has 4 atom stereocenters. The van der Waals surface area contributed by atoms with E-state index in [1.54, 1.807) is 24.3 Å². The van der Waals surface area contributed by atoms with Crippen LogP contribution in [0.3, 0.4) is 0 Å². The number of carbonyl (C=O) groups excluding carboxylic acids is 1. The van der Waals surface area contributed by atoms with E-state index in [4.69, 9.17) is 5.26 Å². The van der Waals surface area contributed by atoms with Gasteiger partial charge in [-0.3, -0.25) is 9.59 Å². The van der Waals surface area contributed by atoms with Crippen molar-refractivity contribution in [2.75, 3.05) is 0 Å². The summed E-state index contributed by atoms with van der Waals surface area (Å²) >= 11 is 0. The highest BCUT2D eigenvalue weighted by molar-refractivity contribution is 6.06. The molecule has 3 aromatic rings. The minimum absolute atomic E-state index is 0.000334. The van der Waals surface area contributed by atoms with Crippen LogP contribution in [0.25, 0.3) is 21.7 Å². The Morgan fingerprint density at radius 2 is 2.00 bits per heavy atom. The topological polar surface area (TPSA) is 110 Å². The van der Waals surface area contributed by atoms with E-state index in [0.29, 0.717) is 28.0 Å². The van der Waals surface area contributed by atoms with E-state index in [1.807, 2.05) is 6.07 Å². The fraction of sp³-hybridized carbons (Fsp3) is 0.360. The van der Waals surface area contributed by atoms with Gasteiger partial charge in [0.1, 0.15) is 11.9 Å². The maximum atomic E-state index is 14.3. The molecule has 2 aliphatic carbocycles. The fourth-order valence-corrected chi connectivity index (χ4v) is 5.54. The minimum Gasteiger partial charge on any atom is -0.340 e. The SMILES string of the molecule is N#Cc1cc(F)c2[nH]c(=O)c3cc(CC(C#N)NC(=O)[C@H]4C[C@@H]5CC[C@H]4C5)ccc3c2c1. The van der Waals surface area contributed by atoms with Gasteiger partial charge in [-0.05, 0) is 60.2 Å². The summed E-state index contributed by atoms with van der Waals surface area (Å²) in [5.74, 6) is 0.373.